The van der Waals surface area contributed by atoms with Crippen molar-refractivity contribution < 1.29 is 27.5 Å². The first-order chi connectivity index (χ1) is 21.7. The van der Waals surface area contributed by atoms with Crippen LogP contribution in [-0.2, 0) is 19.4 Å². The summed E-state index contributed by atoms with van der Waals surface area (Å²) in [5.41, 5.74) is 2.96. The number of hydrogen-bond donors (Lipinski definition) is 0. The Morgan fingerprint density at radius 1 is 0.911 bits per heavy atom. The predicted octanol–water partition coefficient (Wildman–Crippen LogP) is 4.47. The highest BCUT2D eigenvalue weighted by molar-refractivity contribution is 7.91. The van der Waals surface area contributed by atoms with Gasteiger partial charge in [-0.15, -0.1) is 0 Å². The van der Waals surface area contributed by atoms with E-state index in [1.807, 2.05) is 60.7 Å². The van der Waals surface area contributed by atoms with Crippen LogP contribution in [0.1, 0.15) is 17.5 Å². The van der Waals surface area contributed by atoms with E-state index in [2.05, 4.69) is 0 Å². The zero-order valence-electron chi connectivity index (χ0n) is 24.5. The Bertz CT molecular complexity index is 2020. The van der Waals surface area contributed by atoms with E-state index in [-0.39, 0.29) is 34.6 Å². The van der Waals surface area contributed by atoms with Gasteiger partial charge in [-0.05, 0) is 54.5 Å². The number of imide groups is 1. The van der Waals surface area contributed by atoms with Gasteiger partial charge in [0.05, 0.1) is 43.0 Å². The van der Waals surface area contributed by atoms with Crippen molar-refractivity contribution >= 4 is 33.3 Å². The van der Waals surface area contributed by atoms with Gasteiger partial charge >= 0.3 is 0 Å². The van der Waals surface area contributed by atoms with E-state index < -0.39 is 27.7 Å². The van der Waals surface area contributed by atoms with Crippen LogP contribution in [0, 0.1) is 11.3 Å². The highest BCUT2D eigenvalue weighted by Gasteiger charge is 2.45. The molecule has 0 saturated carbocycles. The molecule has 11 heteroatoms. The average molecular weight is 621 g/mol. The van der Waals surface area contributed by atoms with Crippen LogP contribution in [0.5, 0.6) is 11.5 Å². The molecule has 3 aromatic carbocycles. The topological polar surface area (TPSA) is 132 Å². The molecule has 2 aliphatic rings. The Labute approximate surface area is 260 Å². The standard InChI is InChI=1S/C34H28N4O6S/c1-43-27-13-11-22(12-14-27)31-29(33(39)38(34(40)30(31)19-35)26-15-16-45(41,42)21-26)18-24-20-37(25-8-4-3-5-9-25)36-32(24)23-7-6-10-28(17-23)44-2/h3-14,17-18,20,26H,15-16,21H2,1-2H3/b29-18-. The zero-order chi connectivity index (χ0) is 31.7. The fourth-order valence-electron chi connectivity index (χ4n) is 5.65. The first-order valence-electron chi connectivity index (χ1n) is 14.1. The summed E-state index contributed by atoms with van der Waals surface area (Å²) in [6, 6.07) is 24.6. The van der Waals surface area contributed by atoms with Crippen molar-refractivity contribution in [1.82, 2.24) is 14.7 Å². The molecule has 2 aliphatic heterocycles. The quantitative estimate of drug-likeness (QED) is 0.218. The molecule has 1 fully saturated rings. The molecular formula is C34H28N4O6S. The molecule has 1 atom stereocenters. The van der Waals surface area contributed by atoms with Gasteiger partial charge in [0.25, 0.3) is 11.8 Å². The Morgan fingerprint density at radius 2 is 1.64 bits per heavy atom. The van der Waals surface area contributed by atoms with Crippen molar-refractivity contribution in [3.63, 3.8) is 0 Å². The maximum absolute atomic E-state index is 14.4. The van der Waals surface area contributed by atoms with Gasteiger partial charge in [0, 0.05) is 22.9 Å². The molecule has 0 spiro atoms. The molecule has 4 aromatic rings. The maximum atomic E-state index is 14.4. The molecule has 10 nitrogen and oxygen atoms in total. The molecule has 2 amide bonds. The van der Waals surface area contributed by atoms with Gasteiger partial charge in [-0.3, -0.25) is 14.5 Å². The van der Waals surface area contributed by atoms with Crippen LogP contribution >= 0.6 is 0 Å². The van der Waals surface area contributed by atoms with Crippen LogP contribution in [-0.4, -0.2) is 66.7 Å². The molecule has 6 rings (SSSR count). The number of benzene rings is 3. The predicted molar refractivity (Wildman–Crippen MR) is 168 cm³/mol. The lowest BCUT2D eigenvalue weighted by Crippen LogP contribution is -2.49. The number of rotatable bonds is 7. The number of ether oxygens (including phenoxy) is 2. The SMILES string of the molecule is COc1ccc(C2=C(C#N)C(=O)N(C3CCS(=O)(=O)C3)C(=O)/C2=C\c2cn(-c3ccccc3)nc2-c2cccc(OC)c2)cc1. The van der Waals surface area contributed by atoms with Crippen molar-refractivity contribution in [3.8, 4) is 34.5 Å². The summed E-state index contributed by atoms with van der Waals surface area (Å²) in [6.45, 7) is 0. The minimum Gasteiger partial charge on any atom is -0.497 e. The van der Waals surface area contributed by atoms with Gasteiger partial charge in [0.1, 0.15) is 28.8 Å². The van der Waals surface area contributed by atoms with Crippen molar-refractivity contribution in [3.05, 3.63) is 107 Å². The lowest BCUT2D eigenvalue weighted by Gasteiger charge is -2.32. The summed E-state index contributed by atoms with van der Waals surface area (Å²) in [5.74, 6) is -0.835. The number of hydrogen-bond acceptors (Lipinski definition) is 8. The number of methoxy groups -OCH3 is 2. The number of aromatic nitrogens is 2. The molecular weight excluding hydrogens is 592 g/mol. The molecule has 0 bridgehead atoms. The maximum Gasteiger partial charge on any atom is 0.272 e. The molecule has 0 radical (unpaired) electrons. The second kappa shape index (κ2) is 11.9. The van der Waals surface area contributed by atoms with Crippen LogP contribution < -0.4 is 9.47 Å². The van der Waals surface area contributed by atoms with Crippen LogP contribution in [0.15, 0.2) is 96.2 Å². The molecule has 1 aromatic heterocycles. The van der Waals surface area contributed by atoms with Gasteiger partial charge in [0.15, 0.2) is 9.84 Å². The first-order valence-corrected chi connectivity index (χ1v) is 15.9. The largest absolute Gasteiger partial charge is 0.497 e. The summed E-state index contributed by atoms with van der Waals surface area (Å²) in [7, 11) is -0.361. The summed E-state index contributed by atoms with van der Waals surface area (Å²) in [6.07, 6.45) is 3.48. The monoisotopic (exact) mass is 620 g/mol. The first kappa shape index (κ1) is 29.6. The molecule has 1 unspecified atom stereocenters. The normalized spacial score (nSPS) is 18.7. The van der Waals surface area contributed by atoms with Crippen molar-refractivity contribution in [1.29, 1.82) is 5.26 Å². The van der Waals surface area contributed by atoms with E-state index in [9.17, 15) is 23.3 Å². The third-order valence-electron chi connectivity index (χ3n) is 7.87. The van der Waals surface area contributed by atoms with Crippen LogP contribution in [0.25, 0.3) is 28.6 Å². The van der Waals surface area contributed by atoms with Gasteiger partial charge in [-0.1, -0.05) is 42.5 Å². The summed E-state index contributed by atoms with van der Waals surface area (Å²) in [5, 5.41) is 15.2. The van der Waals surface area contributed by atoms with Gasteiger partial charge < -0.3 is 9.47 Å². The second-order valence-electron chi connectivity index (χ2n) is 10.6. The number of para-hydroxylation sites is 1. The average Bonchev–Trinajstić information content (AvgIpc) is 3.65. The summed E-state index contributed by atoms with van der Waals surface area (Å²) < 4.78 is 37.2. The Hall–Kier alpha value is -5.47. The van der Waals surface area contributed by atoms with Gasteiger partial charge in [-0.25, -0.2) is 13.1 Å². The van der Waals surface area contributed by atoms with E-state index in [1.54, 1.807) is 48.3 Å². The van der Waals surface area contributed by atoms with E-state index in [0.717, 1.165) is 10.6 Å². The lowest BCUT2D eigenvalue weighted by atomic mass is 9.86. The minimum atomic E-state index is -3.45. The second-order valence-corrected chi connectivity index (χ2v) is 12.9. The van der Waals surface area contributed by atoms with Crippen LogP contribution in [0.4, 0.5) is 0 Å². The van der Waals surface area contributed by atoms with E-state index >= 15 is 0 Å². The zero-order valence-corrected chi connectivity index (χ0v) is 25.3. The van der Waals surface area contributed by atoms with Gasteiger partial charge in [-0.2, -0.15) is 10.4 Å². The highest BCUT2D eigenvalue weighted by atomic mass is 32.2. The molecule has 3 heterocycles. The Kier molecular flexibility index (Phi) is 7.83. The van der Waals surface area contributed by atoms with Crippen LogP contribution in [0.2, 0.25) is 0 Å². The Morgan fingerprint density at radius 3 is 2.29 bits per heavy atom. The van der Waals surface area contributed by atoms with Crippen LogP contribution in [0.3, 0.4) is 0 Å². The smallest absolute Gasteiger partial charge is 0.272 e. The molecule has 45 heavy (non-hydrogen) atoms. The van der Waals surface area contributed by atoms with Crippen molar-refractivity contribution in [2.24, 2.45) is 0 Å². The lowest BCUT2D eigenvalue weighted by molar-refractivity contribution is -0.142. The number of sulfone groups is 1. The number of carbonyl (C=O) groups is 2. The fourth-order valence-corrected chi connectivity index (χ4v) is 7.35. The summed E-state index contributed by atoms with van der Waals surface area (Å²) in [4.78, 5) is 29.1. The third kappa shape index (κ3) is 5.63. The van der Waals surface area contributed by atoms with E-state index in [1.165, 1.54) is 7.11 Å². The third-order valence-corrected chi connectivity index (χ3v) is 9.62. The minimum absolute atomic E-state index is 0.0670. The molecule has 0 N–H and O–H groups in total. The number of carbonyl (C=O) groups excluding carboxylic acids is 2. The highest BCUT2D eigenvalue weighted by Crippen LogP contribution is 2.39. The molecule has 0 aliphatic carbocycles. The molecule has 1 saturated heterocycles. The molecule has 226 valence electrons. The van der Waals surface area contributed by atoms with Crippen molar-refractivity contribution in [2.75, 3.05) is 25.7 Å². The van der Waals surface area contributed by atoms with Gasteiger partial charge in [0.2, 0.25) is 0 Å². The van der Waals surface area contributed by atoms with E-state index in [4.69, 9.17) is 14.6 Å². The van der Waals surface area contributed by atoms with E-state index in [0.29, 0.717) is 33.9 Å². The Balaban J connectivity index is 1.60. The summed E-state index contributed by atoms with van der Waals surface area (Å²) >= 11 is 0. The van der Waals surface area contributed by atoms with Crippen molar-refractivity contribution in [2.45, 2.75) is 12.5 Å². The number of nitriles is 1. The number of nitrogens with zero attached hydrogens (tertiary/aromatic N) is 4. The fraction of sp³-hybridized carbons (Fsp3) is 0.176. The number of amides is 2.